The summed E-state index contributed by atoms with van der Waals surface area (Å²) in [6.45, 7) is 0.645. The van der Waals surface area contributed by atoms with E-state index in [1.54, 1.807) is 12.1 Å². The molecule has 1 aromatic carbocycles. The van der Waals surface area contributed by atoms with Gasteiger partial charge in [-0.3, -0.25) is 0 Å². The molecule has 0 saturated heterocycles. The van der Waals surface area contributed by atoms with Crippen LogP contribution in [0, 0.1) is 0 Å². The van der Waals surface area contributed by atoms with Crippen molar-refractivity contribution in [2.24, 2.45) is 0 Å². The molecule has 0 bridgehead atoms. The largest absolute Gasteiger partial charge is 0.385 e. The number of anilines is 1. The van der Waals surface area contributed by atoms with Crippen LogP contribution in [-0.2, 0) is 0 Å². The van der Waals surface area contributed by atoms with Crippen LogP contribution in [0.25, 0.3) is 0 Å². The Hall–Kier alpha value is -1.12. The van der Waals surface area contributed by atoms with E-state index in [1.165, 1.54) is 0 Å². The van der Waals surface area contributed by atoms with Crippen molar-refractivity contribution in [3.63, 3.8) is 0 Å². The molecule has 0 fully saturated rings. The zero-order valence-electron chi connectivity index (χ0n) is 7.13. The molecule has 3 heteroatoms. The Morgan fingerprint density at radius 1 is 1.31 bits per heavy atom. The predicted molar refractivity (Wildman–Crippen MR) is 48.3 cm³/mol. The minimum Gasteiger partial charge on any atom is -0.385 e. The maximum atomic E-state index is 12.6. The third-order valence-electron chi connectivity index (χ3n) is 2.44. The molecular formula is C10H11F2N. The Balaban J connectivity index is 2.37. The van der Waals surface area contributed by atoms with Crippen LogP contribution in [0.5, 0.6) is 0 Å². The van der Waals surface area contributed by atoms with Crippen molar-refractivity contribution >= 4 is 5.69 Å². The number of fused-ring (bicyclic) bond motifs is 1. The molecule has 1 heterocycles. The minimum atomic E-state index is -2.25. The van der Waals surface area contributed by atoms with Crippen LogP contribution in [-0.4, -0.2) is 13.0 Å². The number of hydrogen-bond donors (Lipinski definition) is 1. The lowest BCUT2D eigenvalue weighted by Gasteiger charge is -2.25. The van der Waals surface area contributed by atoms with Gasteiger partial charge in [-0.25, -0.2) is 8.78 Å². The van der Waals surface area contributed by atoms with Crippen molar-refractivity contribution in [2.75, 3.05) is 11.9 Å². The average molecular weight is 183 g/mol. The Labute approximate surface area is 75.8 Å². The number of para-hydroxylation sites is 1. The van der Waals surface area contributed by atoms with Crippen LogP contribution in [0.3, 0.4) is 0 Å². The lowest BCUT2D eigenvalue weighted by molar-refractivity contribution is 0.110. The van der Waals surface area contributed by atoms with E-state index in [0.717, 1.165) is 11.3 Å². The fraction of sp³-hybridized carbons (Fsp3) is 0.400. The summed E-state index contributed by atoms with van der Waals surface area (Å²) < 4.78 is 25.1. The van der Waals surface area contributed by atoms with Crippen LogP contribution < -0.4 is 5.32 Å². The molecule has 13 heavy (non-hydrogen) atoms. The van der Waals surface area contributed by atoms with Crippen molar-refractivity contribution < 1.29 is 8.78 Å². The number of nitrogens with one attached hydrogen (secondary N) is 1. The van der Waals surface area contributed by atoms with Crippen molar-refractivity contribution in [2.45, 2.75) is 18.8 Å². The molecule has 0 unspecified atom stereocenters. The quantitative estimate of drug-likeness (QED) is 0.705. The summed E-state index contributed by atoms with van der Waals surface area (Å²) in [5.41, 5.74) is 1.61. The van der Waals surface area contributed by atoms with Crippen molar-refractivity contribution in [1.82, 2.24) is 0 Å². The molecule has 0 radical (unpaired) electrons. The van der Waals surface area contributed by atoms with Crippen LogP contribution in [0.1, 0.15) is 17.9 Å². The van der Waals surface area contributed by atoms with Gasteiger partial charge in [-0.15, -0.1) is 0 Å². The Bertz CT molecular complexity index is 299. The van der Waals surface area contributed by atoms with Crippen LogP contribution in [0.15, 0.2) is 24.3 Å². The Morgan fingerprint density at radius 2 is 2.08 bits per heavy atom. The second-order valence-corrected chi connectivity index (χ2v) is 3.24. The van der Waals surface area contributed by atoms with E-state index in [1.807, 2.05) is 12.1 Å². The van der Waals surface area contributed by atoms with Gasteiger partial charge in [-0.2, -0.15) is 0 Å². The first-order valence-electron chi connectivity index (χ1n) is 4.40. The first-order chi connectivity index (χ1) is 6.29. The summed E-state index contributed by atoms with van der Waals surface area (Å²) in [6.07, 6.45) is -1.72. The van der Waals surface area contributed by atoms with E-state index < -0.39 is 12.3 Å². The molecule has 1 atom stereocenters. The Kier molecular flexibility index (Phi) is 2.17. The zero-order chi connectivity index (χ0) is 9.26. The molecule has 1 aliphatic heterocycles. The van der Waals surface area contributed by atoms with Gasteiger partial charge in [0, 0.05) is 18.2 Å². The monoisotopic (exact) mass is 183 g/mol. The van der Waals surface area contributed by atoms with Gasteiger partial charge in [0.2, 0.25) is 6.43 Å². The first-order valence-corrected chi connectivity index (χ1v) is 4.40. The van der Waals surface area contributed by atoms with Gasteiger partial charge in [0.05, 0.1) is 0 Å². The number of alkyl halides is 2. The van der Waals surface area contributed by atoms with Crippen LogP contribution >= 0.6 is 0 Å². The van der Waals surface area contributed by atoms with Gasteiger partial charge in [-0.05, 0) is 18.1 Å². The molecule has 0 aromatic heterocycles. The normalized spacial score (nSPS) is 21.0. The summed E-state index contributed by atoms with van der Waals surface area (Å²) in [7, 11) is 0. The van der Waals surface area contributed by atoms with E-state index in [4.69, 9.17) is 0 Å². The lowest BCUT2D eigenvalue weighted by atomic mass is 9.91. The summed E-state index contributed by atoms with van der Waals surface area (Å²) in [5.74, 6) is -0.586. The van der Waals surface area contributed by atoms with Crippen LogP contribution in [0.4, 0.5) is 14.5 Å². The molecular weight excluding hydrogens is 172 g/mol. The van der Waals surface area contributed by atoms with E-state index in [2.05, 4.69) is 5.32 Å². The molecule has 1 aliphatic rings. The van der Waals surface area contributed by atoms with Gasteiger partial charge in [0.1, 0.15) is 0 Å². The summed E-state index contributed by atoms with van der Waals surface area (Å²) in [4.78, 5) is 0. The van der Waals surface area contributed by atoms with Gasteiger partial charge >= 0.3 is 0 Å². The molecule has 0 amide bonds. The average Bonchev–Trinajstić information content (AvgIpc) is 2.17. The highest BCUT2D eigenvalue weighted by atomic mass is 19.3. The molecule has 2 rings (SSSR count). The fourth-order valence-electron chi connectivity index (χ4n) is 1.76. The van der Waals surface area contributed by atoms with Crippen molar-refractivity contribution in [3.8, 4) is 0 Å². The smallest absolute Gasteiger partial charge is 0.245 e. The summed E-state index contributed by atoms with van der Waals surface area (Å²) in [6, 6.07) is 7.29. The molecule has 70 valence electrons. The third kappa shape index (κ3) is 1.50. The van der Waals surface area contributed by atoms with E-state index in [-0.39, 0.29) is 0 Å². The van der Waals surface area contributed by atoms with Crippen molar-refractivity contribution in [1.29, 1.82) is 0 Å². The zero-order valence-corrected chi connectivity index (χ0v) is 7.13. The van der Waals surface area contributed by atoms with Crippen molar-refractivity contribution in [3.05, 3.63) is 29.8 Å². The topological polar surface area (TPSA) is 12.0 Å². The number of hydrogen-bond acceptors (Lipinski definition) is 1. The second kappa shape index (κ2) is 3.32. The molecule has 0 spiro atoms. The standard InChI is InChI=1S/C10H11F2N/c11-10(12)8-5-6-13-9-4-2-1-3-7(8)9/h1-4,8,10,13H,5-6H2/t8-/m1/s1. The number of rotatable bonds is 1. The predicted octanol–water partition coefficient (Wildman–Crippen LogP) is 2.85. The van der Waals surface area contributed by atoms with Gasteiger partial charge in [-0.1, -0.05) is 18.2 Å². The maximum absolute atomic E-state index is 12.6. The molecule has 0 aliphatic carbocycles. The van der Waals surface area contributed by atoms with Crippen LogP contribution in [0.2, 0.25) is 0 Å². The lowest BCUT2D eigenvalue weighted by Crippen LogP contribution is -2.21. The number of halogens is 2. The SMILES string of the molecule is FC(F)[C@@H]1CCNc2ccccc21. The van der Waals surface area contributed by atoms with Gasteiger partial charge in [0.15, 0.2) is 0 Å². The summed E-state index contributed by atoms with van der Waals surface area (Å²) in [5, 5.41) is 3.11. The summed E-state index contributed by atoms with van der Waals surface area (Å²) >= 11 is 0. The molecule has 1 nitrogen and oxygen atoms in total. The highest BCUT2D eigenvalue weighted by Gasteiger charge is 2.26. The maximum Gasteiger partial charge on any atom is 0.245 e. The molecule has 1 N–H and O–H groups in total. The van der Waals surface area contributed by atoms with E-state index in [0.29, 0.717) is 13.0 Å². The fourth-order valence-corrected chi connectivity index (χ4v) is 1.76. The molecule has 0 saturated carbocycles. The minimum absolute atomic E-state index is 0.523. The number of benzene rings is 1. The third-order valence-corrected chi connectivity index (χ3v) is 2.44. The van der Waals surface area contributed by atoms with Gasteiger partial charge < -0.3 is 5.32 Å². The van der Waals surface area contributed by atoms with E-state index >= 15 is 0 Å². The second-order valence-electron chi connectivity index (χ2n) is 3.24. The Morgan fingerprint density at radius 3 is 2.85 bits per heavy atom. The highest BCUT2D eigenvalue weighted by Crippen LogP contribution is 2.35. The van der Waals surface area contributed by atoms with Gasteiger partial charge in [0.25, 0.3) is 0 Å². The highest BCUT2D eigenvalue weighted by molar-refractivity contribution is 5.54. The first kappa shape index (κ1) is 8.48. The molecule has 1 aromatic rings. The van der Waals surface area contributed by atoms with E-state index in [9.17, 15) is 8.78 Å².